The van der Waals surface area contributed by atoms with Crippen LogP contribution in [0, 0.1) is 23.6 Å². The number of carbonyl (C=O) groups excluding carboxylic acids is 1. The summed E-state index contributed by atoms with van der Waals surface area (Å²) in [5.74, 6) is 5.67. The molecule has 1 aliphatic rings. The minimum Gasteiger partial charge on any atom is -0.381 e. The van der Waals surface area contributed by atoms with Crippen LogP contribution in [0.15, 0.2) is 48.5 Å². The third kappa shape index (κ3) is 4.21. The van der Waals surface area contributed by atoms with E-state index in [1.165, 1.54) is 6.07 Å². The van der Waals surface area contributed by atoms with Crippen LogP contribution >= 0.6 is 0 Å². The first-order valence-corrected chi connectivity index (χ1v) is 7.95. The zero-order chi connectivity index (χ0) is 16.8. The largest absolute Gasteiger partial charge is 0.381 e. The Bertz CT molecular complexity index is 768. The monoisotopic (exact) mass is 323 g/mol. The van der Waals surface area contributed by atoms with Crippen molar-refractivity contribution in [3.8, 4) is 11.8 Å². The molecule has 1 saturated heterocycles. The standard InChI is InChI=1S/C20H18FNO2/c21-19-4-2-1-3-17(19)8-5-15-6-9-18(10-7-15)20(23)22-13-16-11-12-24-14-16/h1-4,6-7,9-10,16H,11-14H2,(H,22,23). The molecule has 1 amide bonds. The predicted molar refractivity (Wildman–Crippen MR) is 90.1 cm³/mol. The molecule has 1 heterocycles. The maximum atomic E-state index is 13.5. The second kappa shape index (κ2) is 7.76. The van der Waals surface area contributed by atoms with Crippen LogP contribution in [0.4, 0.5) is 4.39 Å². The lowest BCUT2D eigenvalue weighted by molar-refractivity contribution is 0.0945. The second-order valence-electron chi connectivity index (χ2n) is 5.75. The van der Waals surface area contributed by atoms with E-state index >= 15 is 0 Å². The molecule has 1 unspecified atom stereocenters. The molecule has 0 aromatic heterocycles. The molecule has 24 heavy (non-hydrogen) atoms. The average Bonchev–Trinajstić information content (AvgIpc) is 3.13. The number of rotatable bonds is 3. The van der Waals surface area contributed by atoms with Gasteiger partial charge in [-0.3, -0.25) is 4.79 Å². The average molecular weight is 323 g/mol. The van der Waals surface area contributed by atoms with Gasteiger partial charge in [0.15, 0.2) is 0 Å². The summed E-state index contributed by atoms with van der Waals surface area (Å²) in [5.41, 5.74) is 1.68. The Hall–Kier alpha value is -2.64. The second-order valence-corrected chi connectivity index (χ2v) is 5.75. The van der Waals surface area contributed by atoms with Crippen molar-refractivity contribution in [2.24, 2.45) is 5.92 Å². The van der Waals surface area contributed by atoms with Crippen LogP contribution < -0.4 is 5.32 Å². The van der Waals surface area contributed by atoms with Crippen LogP contribution in [-0.4, -0.2) is 25.7 Å². The molecule has 0 bridgehead atoms. The number of benzene rings is 2. The summed E-state index contributed by atoms with van der Waals surface area (Å²) in [6, 6.07) is 13.4. The topological polar surface area (TPSA) is 38.3 Å². The lowest BCUT2D eigenvalue weighted by Gasteiger charge is -2.09. The number of halogens is 1. The van der Waals surface area contributed by atoms with Gasteiger partial charge in [-0.05, 0) is 42.8 Å². The molecule has 0 spiro atoms. The molecule has 3 rings (SSSR count). The van der Waals surface area contributed by atoms with Crippen molar-refractivity contribution in [2.75, 3.05) is 19.8 Å². The van der Waals surface area contributed by atoms with Crippen LogP contribution in [-0.2, 0) is 4.74 Å². The van der Waals surface area contributed by atoms with Gasteiger partial charge in [-0.2, -0.15) is 0 Å². The van der Waals surface area contributed by atoms with Gasteiger partial charge < -0.3 is 10.1 Å². The lowest BCUT2D eigenvalue weighted by atomic mass is 10.1. The van der Waals surface area contributed by atoms with Crippen molar-refractivity contribution < 1.29 is 13.9 Å². The molecule has 2 aromatic rings. The Labute approximate surface area is 140 Å². The van der Waals surface area contributed by atoms with Crippen molar-refractivity contribution in [2.45, 2.75) is 6.42 Å². The fourth-order valence-corrected chi connectivity index (χ4v) is 2.49. The zero-order valence-corrected chi connectivity index (χ0v) is 13.2. The van der Waals surface area contributed by atoms with E-state index in [1.807, 2.05) is 0 Å². The molecule has 1 N–H and O–H groups in total. The van der Waals surface area contributed by atoms with Crippen molar-refractivity contribution in [3.05, 3.63) is 71.0 Å². The smallest absolute Gasteiger partial charge is 0.251 e. The number of hydrogen-bond donors (Lipinski definition) is 1. The molecule has 0 saturated carbocycles. The van der Waals surface area contributed by atoms with Crippen LogP contribution in [0.3, 0.4) is 0 Å². The molecule has 1 aliphatic heterocycles. The van der Waals surface area contributed by atoms with E-state index in [1.54, 1.807) is 42.5 Å². The Morgan fingerprint density at radius 2 is 1.96 bits per heavy atom. The Morgan fingerprint density at radius 1 is 1.17 bits per heavy atom. The van der Waals surface area contributed by atoms with Crippen molar-refractivity contribution in [1.82, 2.24) is 5.32 Å². The van der Waals surface area contributed by atoms with Gasteiger partial charge in [0, 0.05) is 30.2 Å². The molecule has 1 fully saturated rings. The quantitative estimate of drug-likeness (QED) is 0.882. The van der Waals surface area contributed by atoms with Crippen LogP contribution in [0.5, 0.6) is 0 Å². The summed E-state index contributed by atoms with van der Waals surface area (Å²) in [7, 11) is 0. The highest BCUT2D eigenvalue weighted by molar-refractivity contribution is 5.94. The van der Waals surface area contributed by atoms with Gasteiger partial charge in [0.25, 0.3) is 5.91 Å². The van der Waals surface area contributed by atoms with Gasteiger partial charge in [0.1, 0.15) is 5.82 Å². The first-order valence-electron chi connectivity index (χ1n) is 7.95. The van der Waals surface area contributed by atoms with Gasteiger partial charge >= 0.3 is 0 Å². The van der Waals surface area contributed by atoms with E-state index in [4.69, 9.17) is 4.74 Å². The van der Waals surface area contributed by atoms with E-state index in [2.05, 4.69) is 17.2 Å². The van der Waals surface area contributed by atoms with Gasteiger partial charge in [0.05, 0.1) is 12.2 Å². The maximum Gasteiger partial charge on any atom is 0.251 e. The third-order valence-corrected chi connectivity index (χ3v) is 3.94. The van der Waals surface area contributed by atoms with E-state index in [0.29, 0.717) is 30.2 Å². The number of ether oxygens (including phenoxy) is 1. The van der Waals surface area contributed by atoms with E-state index in [0.717, 1.165) is 18.6 Å². The number of carbonyl (C=O) groups is 1. The fraction of sp³-hybridized carbons (Fsp3) is 0.250. The lowest BCUT2D eigenvalue weighted by Crippen LogP contribution is -2.29. The highest BCUT2D eigenvalue weighted by Crippen LogP contribution is 2.11. The highest BCUT2D eigenvalue weighted by Gasteiger charge is 2.16. The number of amides is 1. The van der Waals surface area contributed by atoms with Crippen molar-refractivity contribution in [1.29, 1.82) is 0 Å². The molecule has 3 nitrogen and oxygen atoms in total. The van der Waals surface area contributed by atoms with Crippen LogP contribution in [0.2, 0.25) is 0 Å². The Morgan fingerprint density at radius 3 is 2.67 bits per heavy atom. The van der Waals surface area contributed by atoms with E-state index < -0.39 is 0 Å². The van der Waals surface area contributed by atoms with Crippen molar-refractivity contribution in [3.63, 3.8) is 0 Å². The van der Waals surface area contributed by atoms with Gasteiger partial charge in [0.2, 0.25) is 0 Å². The summed E-state index contributed by atoms with van der Waals surface area (Å²) < 4.78 is 18.8. The van der Waals surface area contributed by atoms with E-state index in [9.17, 15) is 9.18 Å². The minimum atomic E-state index is -0.336. The molecular weight excluding hydrogens is 305 g/mol. The molecule has 4 heteroatoms. The zero-order valence-electron chi connectivity index (χ0n) is 13.2. The number of hydrogen-bond acceptors (Lipinski definition) is 2. The normalized spacial score (nSPS) is 16.3. The summed E-state index contributed by atoms with van der Waals surface area (Å²) in [6.07, 6.45) is 0.991. The van der Waals surface area contributed by atoms with Crippen LogP contribution in [0.1, 0.15) is 27.9 Å². The third-order valence-electron chi connectivity index (χ3n) is 3.94. The highest BCUT2D eigenvalue weighted by atomic mass is 19.1. The molecular formula is C20H18FNO2. The molecule has 122 valence electrons. The summed E-state index contributed by atoms with van der Waals surface area (Å²) in [6.45, 7) is 2.12. The Balaban J connectivity index is 1.61. The van der Waals surface area contributed by atoms with Gasteiger partial charge in [-0.1, -0.05) is 24.0 Å². The predicted octanol–water partition coefficient (Wildman–Crippen LogP) is 2.99. The summed E-state index contributed by atoms with van der Waals surface area (Å²) in [4.78, 5) is 12.1. The SMILES string of the molecule is O=C(NCC1CCOC1)c1ccc(C#Cc2ccccc2F)cc1. The number of nitrogens with one attached hydrogen (secondary N) is 1. The molecule has 2 aromatic carbocycles. The Kier molecular flexibility index (Phi) is 5.25. The van der Waals surface area contributed by atoms with Gasteiger partial charge in [-0.15, -0.1) is 0 Å². The summed E-state index contributed by atoms with van der Waals surface area (Å²) >= 11 is 0. The minimum absolute atomic E-state index is 0.101. The van der Waals surface area contributed by atoms with E-state index in [-0.39, 0.29) is 11.7 Å². The molecule has 0 aliphatic carbocycles. The first kappa shape index (κ1) is 16.2. The maximum absolute atomic E-state index is 13.5. The fourth-order valence-electron chi connectivity index (χ4n) is 2.49. The van der Waals surface area contributed by atoms with Gasteiger partial charge in [-0.25, -0.2) is 4.39 Å². The van der Waals surface area contributed by atoms with Crippen LogP contribution in [0.25, 0.3) is 0 Å². The first-order chi connectivity index (χ1) is 11.7. The molecule has 1 atom stereocenters. The molecule has 0 radical (unpaired) electrons. The van der Waals surface area contributed by atoms with Crippen molar-refractivity contribution >= 4 is 5.91 Å². The summed E-state index contributed by atoms with van der Waals surface area (Å²) in [5, 5.41) is 2.92.